The second-order valence-electron chi connectivity index (χ2n) is 4.48. The maximum Gasteiger partial charge on any atom is 0.307 e. The standard InChI is InChI=1S/C14H20N2O5/c1-16(9-7-13(18)20-2)12(17)6-3-8-15-14(19)11-5-4-10-21-11/h4-5,10H,3,6-9H2,1-2H3,(H,15,19). The average molecular weight is 296 g/mol. The lowest BCUT2D eigenvalue weighted by atomic mass is 10.2. The summed E-state index contributed by atoms with van der Waals surface area (Å²) in [6.07, 6.45) is 2.42. The minimum Gasteiger partial charge on any atom is -0.469 e. The Bertz CT molecular complexity index is 470. The van der Waals surface area contributed by atoms with Gasteiger partial charge in [-0.15, -0.1) is 0 Å². The van der Waals surface area contributed by atoms with E-state index in [9.17, 15) is 14.4 Å². The van der Waals surface area contributed by atoms with Crippen molar-refractivity contribution in [3.05, 3.63) is 24.2 Å². The summed E-state index contributed by atoms with van der Waals surface area (Å²) < 4.78 is 9.45. The highest BCUT2D eigenvalue weighted by Crippen LogP contribution is 2.00. The molecule has 0 aliphatic heterocycles. The molecule has 7 heteroatoms. The highest BCUT2D eigenvalue weighted by molar-refractivity contribution is 5.91. The van der Waals surface area contributed by atoms with E-state index in [1.54, 1.807) is 19.2 Å². The molecular weight excluding hydrogens is 276 g/mol. The number of carbonyl (C=O) groups is 3. The van der Waals surface area contributed by atoms with Gasteiger partial charge in [0.1, 0.15) is 0 Å². The van der Waals surface area contributed by atoms with Gasteiger partial charge in [-0.05, 0) is 18.6 Å². The summed E-state index contributed by atoms with van der Waals surface area (Å²) >= 11 is 0. The van der Waals surface area contributed by atoms with Gasteiger partial charge in [-0.3, -0.25) is 14.4 Å². The molecule has 0 atom stereocenters. The second-order valence-corrected chi connectivity index (χ2v) is 4.48. The number of rotatable bonds is 8. The molecule has 0 saturated heterocycles. The monoisotopic (exact) mass is 296 g/mol. The highest BCUT2D eigenvalue weighted by Gasteiger charge is 2.11. The third-order valence-electron chi connectivity index (χ3n) is 2.90. The molecule has 0 aromatic carbocycles. The fourth-order valence-electron chi connectivity index (χ4n) is 1.61. The Morgan fingerprint density at radius 2 is 2.10 bits per heavy atom. The van der Waals surface area contributed by atoms with Crippen LogP contribution in [0, 0.1) is 0 Å². The van der Waals surface area contributed by atoms with E-state index < -0.39 is 0 Å². The summed E-state index contributed by atoms with van der Waals surface area (Å²) in [7, 11) is 2.94. The molecule has 1 aromatic rings. The maximum absolute atomic E-state index is 11.8. The molecule has 2 amide bonds. The Morgan fingerprint density at radius 3 is 2.71 bits per heavy atom. The van der Waals surface area contributed by atoms with Crippen molar-refractivity contribution in [2.45, 2.75) is 19.3 Å². The number of methoxy groups -OCH3 is 1. The fraction of sp³-hybridized carbons (Fsp3) is 0.500. The first kappa shape index (κ1) is 16.7. The van der Waals surface area contributed by atoms with Crippen molar-refractivity contribution in [3.8, 4) is 0 Å². The van der Waals surface area contributed by atoms with Crippen molar-refractivity contribution in [2.75, 3.05) is 27.2 Å². The van der Waals surface area contributed by atoms with E-state index in [2.05, 4.69) is 10.1 Å². The van der Waals surface area contributed by atoms with Crippen LogP contribution in [0.3, 0.4) is 0 Å². The number of hydrogen-bond donors (Lipinski definition) is 1. The van der Waals surface area contributed by atoms with E-state index in [0.717, 1.165) is 0 Å². The largest absolute Gasteiger partial charge is 0.469 e. The molecule has 116 valence electrons. The Kier molecular flexibility index (Phi) is 7.00. The molecule has 0 aliphatic carbocycles. The molecule has 7 nitrogen and oxygen atoms in total. The lowest BCUT2D eigenvalue weighted by Crippen LogP contribution is -2.30. The fourth-order valence-corrected chi connectivity index (χ4v) is 1.61. The molecule has 0 radical (unpaired) electrons. The molecule has 1 N–H and O–H groups in total. The van der Waals surface area contributed by atoms with Crippen molar-refractivity contribution in [3.63, 3.8) is 0 Å². The molecule has 1 heterocycles. The van der Waals surface area contributed by atoms with Gasteiger partial charge >= 0.3 is 5.97 Å². The van der Waals surface area contributed by atoms with E-state index >= 15 is 0 Å². The first-order chi connectivity index (χ1) is 10.0. The maximum atomic E-state index is 11.8. The van der Waals surface area contributed by atoms with Crippen LogP contribution >= 0.6 is 0 Å². The molecular formula is C14H20N2O5. The van der Waals surface area contributed by atoms with Gasteiger partial charge in [0.2, 0.25) is 5.91 Å². The van der Waals surface area contributed by atoms with Crippen LogP contribution in [0.2, 0.25) is 0 Å². The minimum absolute atomic E-state index is 0.0776. The summed E-state index contributed by atoms with van der Waals surface area (Å²) in [5.41, 5.74) is 0. The van der Waals surface area contributed by atoms with Gasteiger partial charge in [0, 0.05) is 26.6 Å². The lowest BCUT2D eigenvalue weighted by molar-refractivity contribution is -0.141. The third-order valence-corrected chi connectivity index (χ3v) is 2.90. The number of furan rings is 1. The summed E-state index contributed by atoms with van der Waals surface area (Å²) in [6.45, 7) is 0.709. The van der Waals surface area contributed by atoms with Crippen LogP contribution in [-0.2, 0) is 14.3 Å². The molecule has 1 rings (SSSR count). The Morgan fingerprint density at radius 1 is 1.33 bits per heavy atom. The van der Waals surface area contributed by atoms with Crippen LogP contribution in [0.1, 0.15) is 29.8 Å². The van der Waals surface area contributed by atoms with Gasteiger partial charge in [-0.25, -0.2) is 0 Å². The first-order valence-corrected chi connectivity index (χ1v) is 6.67. The van der Waals surface area contributed by atoms with Crippen molar-refractivity contribution >= 4 is 17.8 Å². The van der Waals surface area contributed by atoms with Crippen LogP contribution in [0.25, 0.3) is 0 Å². The minimum atomic E-state index is -0.347. The van der Waals surface area contributed by atoms with Gasteiger partial charge in [-0.2, -0.15) is 0 Å². The van der Waals surface area contributed by atoms with Crippen molar-refractivity contribution in [2.24, 2.45) is 0 Å². The number of ether oxygens (including phenoxy) is 1. The van der Waals surface area contributed by atoms with Gasteiger partial charge < -0.3 is 19.4 Å². The molecule has 0 spiro atoms. The molecule has 0 bridgehead atoms. The van der Waals surface area contributed by atoms with Crippen LogP contribution in [0.5, 0.6) is 0 Å². The average Bonchev–Trinajstić information content (AvgIpc) is 3.02. The molecule has 1 aromatic heterocycles. The Hall–Kier alpha value is -2.31. The number of nitrogens with zero attached hydrogens (tertiary/aromatic N) is 1. The summed E-state index contributed by atoms with van der Waals surface area (Å²) in [4.78, 5) is 35.8. The molecule has 0 saturated carbocycles. The first-order valence-electron chi connectivity index (χ1n) is 6.67. The van der Waals surface area contributed by atoms with Crippen LogP contribution < -0.4 is 5.32 Å². The van der Waals surface area contributed by atoms with Crippen LogP contribution in [-0.4, -0.2) is 49.9 Å². The number of esters is 1. The highest BCUT2D eigenvalue weighted by atomic mass is 16.5. The molecule has 0 fully saturated rings. The van der Waals surface area contributed by atoms with E-state index in [0.29, 0.717) is 25.9 Å². The van der Waals surface area contributed by atoms with Gasteiger partial charge in [0.15, 0.2) is 5.76 Å². The molecule has 21 heavy (non-hydrogen) atoms. The normalized spacial score (nSPS) is 10.0. The summed E-state index contributed by atoms with van der Waals surface area (Å²) in [6, 6.07) is 3.20. The van der Waals surface area contributed by atoms with Crippen molar-refractivity contribution in [1.29, 1.82) is 0 Å². The Labute approximate surface area is 123 Å². The number of nitrogens with one attached hydrogen (secondary N) is 1. The summed E-state index contributed by atoms with van der Waals surface area (Å²) in [5.74, 6) is -0.477. The lowest BCUT2D eigenvalue weighted by Gasteiger charge is -2.16. The zero-order chi connectivity index (χ0) is 15.7. The third kappa shape index (κ3) is 6.11. The van der Waals surface area contributed by atoms with Crippen LogP contribution in [0.15, 0.2) is 22.8 Å². The van der Waals surface area contributed by atoms with Crippen molar-refractivity contribution in [1.82, 2.24) is 10.2 Å². The summed E-state index contributed by atoms with van der Waals surface area (Å²) in [5, 5.41) is 2.66. The number of amides is 2. The van der Waals surface area contributed by atoms with Crippen LogP contribution in [0.4, 0.5) is 0 Å². The quantitative estimate of drug-likeness (QED) is 0.566. The zero-order valence-corrected chi connectivity index (χ0v) is 12.3. The predicted molar refractivity (Wildman–Crippen MR) is 74.5 cm³/mol. The second kappa shape index (κ2) is 8.78. The van der Waals surface area contributed by atoms with E-state index in [-0.39, 0.29) is 30.0 Å². The zero-order valence-electron chi connectivity index (χ0n) is 12.3. The van der Waals surface area contributed by atoms with Gasteiger partial charge in [0.25, 0.3) is 5.91 Å². The number of hydrogen-bond acceptors (Lipinski definition) is 5. The SMILES string of the molecule is COC(=O)CCN(C)C(=O)CCCNC(=O)c1ccco1. The number of carbonyl (C=O) groups excluding carboxylic acids is 3. The van der Waals surface area contributed by atoms with E-state index in [1.807, 2.05) is 0 Å². The van der Waals surface area contributed by atoms with Gasteiger partial charge in [0.05, 0.1) is 19.8 Å². The topological polar surface area (TPSA) is 88.9 Å². The molecule has 0 unspecified atom stereocenters. The molecule has 0 aliphatic rings. The van der Waals surface area contributed by atoms with E-state index in [4.69, 9.17) is 4.42 Å². The smallest absolute Gasteiger partial charge is 0.307 e. The Balaban J connectivity index is 2.15. The van der Waals surface area contributed by atoms with Gasteiger partial charge in [-0.1, -0.05) is 0 Å². The van der Waals surface area contributed by atoms with Crippen molar-refractivity contribution < 1.29 is 23.5 Å². The predicted octanol–water partition coefficient (Wildman–Crippen LogP) is 0.811. The van der Waals surface area contributed by atoms with E-state index in [1.165, 1.54) is 18.3 Å².